The summed E-state index contributed by atoms with van der Waals surface area (Å²) in [6.07, 6.45) is 1.51. The molecule has 0 aromatic rings. The zero-order valence-electron chi connectivity index (χ0n) is 10.7. The van der Waals surface area contributed by atoms with Crippen LogP contribution in [0.5, 0.6) is 0 Å². The molecular weight excluding hydrogens is 222 g/mol. The van der Waals surface area contributed by atoms with E-state index >= 15 is 0 Å². The number of nitrogens with one attached hydrogen (secondary N) is 1. The quantitative estimate of drug-likeness (QED) is 0.760. The van der Waals surface area contributed by atoms with Crippen LogP contribution < -0.4 is 5.32 Å². The van der Waals surface area contributed by atoms with E-state index in [9.17, 15) is 9.59 Å². The van der Waals surface area contributed by atoms with Crippen LogP contribution in [0.3, 0.4) is 0 Å². The Morgan fingerprint density at radius 1 is 1.47 bits per heavy atom. The highest BCUT2D eigenvalue weighted by molar-refractivity contribution is 5.85. The highest BCUT2D eigenvalue weighted by atomic mass is 16.5. The highest BCUT2D eigenvalue weighted by Gasteiger charge is 2.39. The number of rotatable bonds is 5. The standard InChI is InChI=1S/C12H21NO4/c1-8(2)9(7-10(14)15)13-11(16)12(3)5-4-6-17-12/h8-9H,4-7H2,1-3H3,(H,13,16)(H,14,15). The van der Waals surface area contributed by atoms with Crippen molar-refractivity contribution in [2.45, 2.75) is 51.7 Å². The maximum Gasteiger partial charge on any atom is 0.305 e. The molecule has 1 aliphatic heterocycles. The number of carboxylic acids is 1. The third kappa shape index (κ3) is 3.70. The van der Waals surface area contributed by atoms with E-state index in [0.29, 0.717) is 13.0 Å². The van der Waals surface area contributed by atoms with Crippen molar-refractivity contribution in [2.24, 2.45) is 5.92 Å². The summed E-state index contributed by atoms with van der Waals surface area (Å²) in [7, 11) is 0. The normalized spacial score (nSPS) is 25.9. The lowest BCUT2D eigenvalue weighted by atomic mass is 9.97. The molecule has 5 heteroatoms. The van der Waals surface area contributed by atoms with Crippen LogP contribution in [-0.2, 0) is 14.3 Å². The van der Waals surface area contributed by atoms with Crippen molar-refractivity contribution < 1.29 is 19.4 Å². The number of hydrogen-bond acceptors (Lipinski definition) is 3. The lowest BCUT2D eigenvalue weighted by molar-refractivity contribution is -0.142. The number of hydrogen-bond donors (Lipinski definition) is 2. The summed E-state index contributed by atoms with van der Waals surface area (Å²) in [6, 6.07) is -0.346. The zero-order valence-corrected chi connectivity index (χ0v) is 10.7. The van der Waals surface area contributed by atoms with E-state index in [-0.39, 0.29) is 24.3 Å². The lowest BCUT2D eigenvalue weighted by Crippen LogP contribution is -2.50. The van der Waals surface area contributed by atoms with Gasteiger partial charge in [-0.1, -0.05) is 13.8 Å². The molecule has 0 saturated carbocycles. The molecule has 2 unspecified atom stereocenters. The minimum Gasteiger partial charge on any atom is -0.481 e. The van der Waals surface area contributed by atoms with Crippen LogP contribution in [0.4, 0.5) is 0 Å². The van der Waals surface area contributed by atoms with Gasteiger partial charge in [0.15, 0.2) is 0 Å². The van der Waals surface area contributed by atoms with Crippen LogP contribution in [0, 0.1) is 5.92 Å². The van der Waals surface area contributed by atoms with E-state index in [2.05, 4.69) is 5.32 Å². The SMILES string of the molecule is CC(C)C(CC(=O)O)NC(=O)C1(C)CCCO1. The molecule has 0 bridgehead atoms. The first-order valence-corrected chi connectivity index (χ1v) is 6.02. The summed E-state index contributed by atoms with van der Waals surface area (Å²) in [4.78, 5) is 22.7. The van der Waals surface area contributed by atoms with Crippen molar-refractivity contribution in [2.75, 3.05) is 6.61 Å². The van der Waals surface area contributed by atoms with Gasteiger partial charge in [-0.15, -0.1) is 0 Å². The predicted octanol–water partition coefficient (Wildman–Crippen LogP) is 1.17. The van der Waals surface area contributed by atoms with Crippen molar-refractivity contribution in [1.29, 1.82) is 0 Å². The van der Waals surface area contributed by atoms with Crippen molar-refractivity contribution in [1.82, 2.24) is 5.32 Å². The van der Waals surface area contributed by atoms with Gasteiger partial charge < -0.3 is 15.2 Å². The van der Waals surface area contributed by atoms with Gasteiger partial charge in [0.05, 0.1) is 6.42 Å². The topological polar surface area (TPSA) is 75.6 Å². The fraction of sp³-hybridized carbons (Fsp3) is 0.833. The fourth-order valence-corrected chi connectivity index (χ4v) is 1.92. The summed E-state index contributed by atoms with van der Waals surface area (Å²) in [5.41, 5.74) is -0.786. The van der Waals surface area contributed by atoms with Gasteiger partial charge in [-0.25, -0.2) is 0 Å². The smallest absolute Gasteiger partial charge is 0.305 e. The maximum atomic E-state index is 12.0. The average Bonchev–Trinajstić information content (AvgIpc) is 2.64. The molecule has 0 aliphatic carbocycles. The first kappa shape index (κ1) is 14.0. The molecule has 1 rings (SSSR count). The number of carbonyl (C=O) groups excluding carboxylic acids is 1. The Bertz CT molecular complexity index is 295. The van der Waals surface area contributed by atoms with E-state index in [1.54, 1.807) is 6.92 Å². The second-order valence-corrected chi connectivity index (χ2v) is 5.10. The van der Waals surface area contributed by atoms with Gasteiger partial charge in [-0.05, 0) is 25.7 Å². The van der Waals surface area contributed by atoms with Crippen LogP contribution in [0.15, 0.2) is 0 Å². The molecule has 17 heavy (non-hydrogen) atoms. The Balaban J connectivity index is 2.60. The van der Waals surface area contributed by atoms with E-state index < -0.39 is 11.6 Å². The van der Waals surface area contributed by atoms with Gasteiger partial charge >= 0.3 is 5.97 Å². The average molecular weight is 243 g/mol. The third-order valence-corrected chi connectivity index (χ3v) is 3.21. The number of aliphatic carboxylic acids is 1. The molecule has 2 atom stereocenters. The molecule has 0 spiro atoms. The summed E-state index contributed by atoms with van der Waals surface area (Å²) in [5, 5.41) is 11.6. The van der Waals surface area contributed by atoms with E-state index in [1.165, 1.54) is 0 Å². The van der Waals surface area contributed by atoms with Crippen LogP contribution in [0.1, 0.15) is 40.0 Å². The Hall–Kier alpha value is -1.10. The molecule has 1 saturated heterocycles. The molecule has 1 fully saturated rings. The molecule has 1 amide bonds. The van der Waals surface area contributed by atoms with Crippen LogP contribution in [-0.4, -0.2) is 35.2 Å². The van der Waals surface area contributed by atoms with Gasteiger partial charge in [0, 0.05) is 12.6 Å². The summed E-state index contributed by atoms with van der Waals surface area (Å²) in [6.45, 7) is 6.14. The number of ether oxygens (including phenoxy) is 1. The minimum atomic E-state index is -0.901. The second kappa shape index (κ2) is 5.49. The maximum absolute atomic E-state index is 12.0. The number of amides is 1. The molecule has 2 N–H and O–H groups in total. The van der Waals surface area contributed by atoms with Gasteiger partial charge in [0.2, 0.25) is 0 Å². The highest BCUT2D eigenvalue weighted by Crippen LogP contribution is 2.25. The van der Waals surface area contributed by atoms with Crippen LogP contribution >= 0.6 is 0 Å². The molecule has 5 nitrogen and oxygen atoms in total. The Labute approximate surface area is 102 Å². The number of carbonyl (C=O) groups is 2. The van der Waals surface area contributed by atoms with Crippen LogP contribution in [0.25, 0.3) is 0 Å². The predicted molar refractivity (Wildman–Crippen MR) is 62.6 cm³/mol. The van der Waals surface area contributed by atoms with Crippen LogP contribution in [0.2, 0.25) is 0 Å². The first-order chi connectivity index (χ1) is 7.85. The third-order valence-electron chi connectivity index (χ3n) is 3.21. The Kier molecular flexibility index (Phi) is 4.51. The molecule has 98 valence electrons. The minimum absolute atomic E-state index is 0.0561. The van der Waals surface area contributed by atoms with Crippen molar-refractivity contribution in [3.63, 3.8) is 0 Å². The molecular formula is C12H21NO4. The fourth-order valence-electron chi connectivity index (χ4n) is 1.92. The van der Waals surface area contributed by atoms with Gasteiger partial charge in [0.25, 0.3) is 5.91 Å². The van der Waals surface area contributed by atoms with E-state index in [1.807, 2.05) is 13.8 Å². The molecule has 0 aromatic carbocycles. The molecule has 1 heterocycles. The lowest BCUT2D eigenvalue weighted by Gasteiger charge is -2.27. The van der Waals surface area contributed by atoms with Crippen molar-refractivity contribution in [3.05, 3.63) is 0 Å². The van der Waals surface area contributed by atoms with Gasteiger partial charge in [-0.3, -0.25) is 9.59 Å². The largest absolute Gasteiger partial charge is 0.481 e. The summed E-state index contributed by atoms with van der Waals surface area (Å²) < 4.78 is 5.43. The van der Waals surface area contributed by atoms with Gasteiger partial charge in [-0.2, -0.15) is 0 Å². The monoisotopic (exact) mass is 243 g/mol. The Morgan fingerprint density at radius 3 is 2.53 bits per heavy atom. The zero-order chi connectivity index (χ0) is 13.1. The molecule has 0 radical (unpaired) electrons. The van der Waals surface area contributed by atoms with Crippen molar-refractivity contribution in [3.8, 4) is 0 Å². The van der Waals surface area contributed by atoms with Gasteiger partial charge in [0.1, 0.15) is 5.60 Å². The Morgan fingerprint density at radius 2 is 2.12 bits per heavy atom. The summed E-state index contributed by atoms with van der Waals surface area (Å²) >= 11 is 0. The first-order valence-electron chi connectivity index (χ1n) is 6.02. The second-order valence-electron chi connectivity index (χ2n) is 5.10. The van der Waals surface area contributed by atoms with E-state index in [4.69, 9.17) is 9.84 Å². The molecule has 0 aromatic heterocycles. The van der Waals surface area contributed by atoms with Crippen molar-refractivity contribution >= 4 is 11.9 Å². The number of carboxylic acid groups (broad SMARTS) is 1. The van der Waals surface area contributed by atoms with E-state index in [0.717, 1.165) is 6.42 Å². The molecule has 1 aliphatic rings. The summed E-state index contributed by atoms with van der Waals surface area (Å²) in [5.74, 6) is -1.02.